The molecule has 0 N–H and O–H groups in total. The van der Waals surface area contributed by atoms with Crippen LogP contribution in [0.15, 0.2) is 131 Å². The molecule has 0 bridgehead atoms. The molecule has 218 valence electrons. The number of rotatable bonds is 4. The summed E-state index contributed by atoms with van der Waals surface area (Å²) >= 11 is 0. The second kappa shape index (κ2) is 9.42. The van der Waals surface area contributed by atoms with Gasteiger partial charge in [-0.25, -0.2) is 16.8 Å². The molecule has 2 aliphatic rings. The van der Waals surface area contributed by atoms with E-state index in [9.17, 15) is 16.8 Å². The zero-order valence-corrected chi connectivity index (χ0v) is 25.7. The van der Waals surface area contributed by atoms with Crippen molar-refractivity contribution < 1.29 is 16.8 Å². The molecule has 0 unspecified atom stereocenters. The maximum Gasteiger partial charge on any atom is 0.264 e. The van der Waals surface area contributed by atoms with Gasteiger partial charge >= 0.3 is 0 Å². The average Bonchev–Trinajstić information content (AvgIpc) is 3.55. The number of sulfonamides is 2. The summed E-state index contributed by atoms with van der Waals surface area (Å²) in [6.45, 7) is 3.83. The Balaban J connectivity index is 1.48. The SMILES string of the molecule is Cc1ccc(S(=O)(=O)N2c3c(ccc4ccccc34)[C@H]3[C@@H]2c2ccc4ccccc4c2N3S(=O)(=O)c2ccc(C)cc2)cc1. The molecule has 0 amide bonds. The standard InChI is InChI=1S/C36H28N2O4S2/c1-23-11-17-27(18-12-23)43(39,40)37-33-29-9-5-3-7-25(29)15-21-31(33)36-35(37)32-22-16-26-8-4-6-10-30(26)34(32)38(36)44(41,42)28-19-13-24(2)14-20-28/h3-22,35-36H,1-2H3/t35-,36-/m0/s1. The third-order valence-corrected chi connectivity index (χ3v) is 12.5. The van der Waals surface area contributed by atoms with Gasteiger partial charge in [0.05, 0.1) is 33.2 Å². The van der Waals surface area contributed by atoms with Crippen molar-refractivity contribution in [2.45, 2.75) is 35.7 Å². The molecule has 44 heavy (non-hydrogen) atoms. The maximum absolute atomic E-state index is 14.8. The van der Waals surface area contributed by atoms with E-state index in [0.717, 1.165) is 32.7 Å². The van der Waals surface area contributed by atoms with Crippen LogP contribution in [-0.4, -0.2) is 16.8 Å². The van der Waals surface area contributed by atoms with Crippen molar-refractivity contribution in [1.82, 2.24) is 0 Å². The molecular formula is C36H28N2O4S2. The molecule has 0 radical (unpaired) electrons. The largest absolute Gasteiger partial charge is 0.264 e. The van der Waals surface area contributed by atoms with Gasteiger partial charge in [0.1, 0.15) is 0 Å². The van der Waals surface area contributed by atoms with Crippen molar-refractivity contribution in [3.63, 3.8) is 0 Å². The molecule has 0 aromatic heterocycles. The molecular weight excluding hydrogens is 589 g/mol. The van der Waals surface area contributed by atoms with E-state index in [4.69, 9.17) is 0 Å². The Kier molecular flexibility index (Phi) is 5.76. The summed E-state index contributed by atoms with van der Waals surface area (Å²) < 4.78 is 62.1. The maximum atomic E-state index is 14.8. The Bertz CT molecular complexity index is 2180. The van der Waals surface area contributed by atoms with Crippen LogP contribution in [0.3, 0.4) is 0 Å². The van der Waals surface area contributed by atoms with Gasteiger partial charge in [0.25, 0.3) is 20.0 Å². The van der Waals surface area contributed by atoms with Gasteiger partial charge in [-0.3, -0.25) is 8.61 Å². The van der Waals surface area contributed by atoms with E-state index in [1.807, 2.05) is 86.6 Å². The molecule has 2 heterocycles. The number of aryl methyl sites for hydroxylation is 2. The molecule has 6 aromatic rings. The molecule has 6 nitrogen and oxygen atoms in total. The summed E-state index contributed by atoms with van der Waals surface area (Å²) in [7, 11) is -8.28. The fraction of sp³-hybridized carbons (Fsp3) is 0.111. The fourth-order valence-corrected chi connectivity index (χ4v) is 10.2. The highest BCUT2D eigenvalue weighted by Gasteiger charge is 2.57. The number of nitrogens with zero attached hydrogens (tertiary/aromatic N) is 2. The first-order valence-corrected chi connectivity index (χ1v) is 17.3. The first-order chi connectivity index (χ1) is 21.2. The van der Waals surface area contributed by atoms with Crippen molar-refractivity contribution in [1.29, 1.82) is 0 Å². The van der Waals surface area contributed by atoms with Gasteiger partial charge in [0, 0.05) is 21.9 Å². The molecule has 2 atom stereocenters. The quantitative estimate of drug-likeness (QED) is 0.203. The minimum Gasteiger partial charge on any atom is -0.255 e. The second-order valence-electron chi connectivity index (χ2n) is 11.6. The molecule has 8 heteroatoms. The zero-order valence-electron chi connectivity index (χ0n) is 24.0. The van der Waals surface area contributed by atoms with Crippen molar-refractivity contribution in [2.24, 2.45) is 0 Å². The summed E-state index contributed by atoms with van der Waals surface area (Å²) in [6, 6.07) is 35.0. The van der Waals surface area contributed by atoms with Crippen LogP contribution in [0.2, 0.25) is 0 Å². The predicted molar refractivity (Wildman–Crippen MR) is 175 cm³/mol. The molecule has 6 aromatic carbocycles. The fourth-order valence-electron chi connectivity index (χ4n) is 6.83. The van der Waals surface area contributed by atoms with Crippen LogP contribution in [0.1, 0.15) is 34.3 Å². The van der Waals surface area contributed by atoms with Gasteiger partial charge in [-0.2, -0.15) is 0 Å². The highest BCUT2D eigenvalue weighted by Crippen LogP contribution is 2.63. The number of fused-ring (bicyclic) bond motifs is 9. The lowest BCUT2D eigenvalue weighted by molar-refractivity contribution is 0.559. The van der Waals surface area contributed by atoms with E-state index in [-0.39, 0.29) is 9.79 Å². The first-order valence-electron chi connectivity index (χ1n) is 14.4. The van der Waals surface area contributed by atoms with Crippen LogP contribution in [0.4, 0.5) is 11.4 Å². The van der Waals surface area contributed by atoms with Crippen LogP contribution >= 0.6 is 0 Å². The Morgan fingerprint density at radius 2 is 0.818 bits per heavy atom. The average molecular weight is 617 g/mol. The molecule has 2 aliphatic heterocycles. The minimum absolute atomic E-state index is 0.157. The van der Waals surface area contributed by atoms with Gasteiger partial charge in [0.2, 0.25) is 0 Å². The van der Waals surface area contributed by atoms with Gasteiger partial charge < -0.3 is 0 Å². The van der Waals surface area contributed by atoms with Crippen LogP contribution in [-0.2, 0) is 20.0 Å². The lowest BCUT2D eigenvalue weighted by atomic mass is 9.98. The lowest BCUT2D eigenvalue weighted by Crippen LogP contribution is -2.36. The second-order valence-corrected chi connectivity index (χ2v) is 15.2. The topological polar surface area (TPSA) is 74.8 Å². The molecule has 0 fully saturated rings. The summed E-state index contributed by atoms with van der Waals surface area (Å²) in [5.74, 6) is 0. The van der Waals surface area contributed by atoms with Crippen LogP contribution < -0.4 is 8.61 Å². The highest BCUT2D eigenvalue weighted by atomic mass is 32.2. The molecule has 0 saturated heterocycles. The van der Waals surface area contributed by atoms with Gasteiger partial charge in [-0.15, -0.1) is 0 Å². The summed E-state index contributed by atoms with van der Waals surface area (Å²) in [5.41, 5.74) is 4.23. The predicted octanol–water partition coefficient (Wildman–Crippen LogP) is 7.81. The molecule has 0 saturated carbocycles. The Hall–Kier alpha value is -4.66. The third kappa shape index (κ3) is 3.71. The third-order valence-electron chi connectivity index (χ3n) is 8.90. The molecule has 8 rings (SSSR count). The van der Waals surface area contributed by atoms with Crippen molar-refractivity contribution in [2.75, 3.05) is 8.61 Å². The number of benzene rings is 6. The first kappa shape index (κ1) is 26.9. The molecule has 0 spiro atoms. The number of hydrogen-bond donors (Lipinski definition) is 0. The summed E-state index contributed by atoms with van der Waals surface area (Å²) in [4.78, 5) is 0.314. The van der Waals surface area contributed by atoms with Crippen LogP contribution in [0.25, 0.3) is 21.5 Å². The minimum atomic E-state index is -4.14. The molecule has 0 aliphatic carbocycles. The van der Waals surface area contributed by atoms with Gasteiger partial charge in [0.15, 0.2) is 0 Å². The number of anilines is 2. The van der Waals surface area contributed by atoms with Gasteiger partial charge in [-0.05, 0) is 48.9 Å². The van der Waals surface area contributed by atoms with Crippen molar-refractivity contribution >= 4 is 53.0 Å². The summed E-state index contributed by atoms with van der Waals surface area (Å²) in [6.07, 6.45) is 0. The van der Waals surface area contributed by atoms with E-state index < -0.39 is 32.1 Å². The lowest BCUT2D eigenvalue weighted by Gasteiger charge is -2.28. The van der Waals surface area contributed by atoms with Crippen LogP contribution in [0, 0.1) is 13.8 Å². The highest BCUT2D eigenvalue weighted by molar-refractivity contribution is 7.93. The van der Waals surface area contributed by atoms with E-state index >= 15 is 0 Å². The van der Waals surface area contributed by atoms with Crippen LogP contribution in [0.5, 0.6) is 0 Å². The Labute approximate surface area is 256 Å². The smallest absolute Gasteiger partial charge is 0.255 e. The van der Waals surface area contributed by atoms with Crippen molar-refractivity contribution in [3.05, 3.63) is 144 Å². The summed E-state index contributed by atoms with van der Waals surface area (Å²) in [5, 5.41) is 3.26. The van der Waals surface area contributed by atoms with E-state index in [2.05, 4.69) is 0 Å². The normalized spacial score (nSPS) is 17.6. The van der Waals surface area contributed by atoms with E-state index in [1.165, 1.54) is 8.61 Å². The number of hydrogen-bond acceptors (Lipinski definition) is 4. The monoisotopic (exact) mass is 616 g/mol. The van der Waals surface area contributed by atoms with Gasteiger partial charge in [-0.1, -0.05) is 108 Å². The van der Waals surface area contributed by atoms with E-state index in [1.54, 1.807) is 48.5 Å². The van der Waals surface area contributed by atoms with E-state index in [0.29, 0.717) is 22.5 Å². The van der Waals surface area contributed by atoms with Crippen molar-refractivity contribution in [3.8, 4) is 0 Å². The zero-order chi connectivity index (χ0) is 30.4. The Morgan fingerprint density at radius 1 is 0.455 bits per heavy atom. The Morgan fingerprint density at radius 3 is 1.20 bits per heavy atom.